The van der Waals surface area contributed by atoms with Gasteiger partial charge < -0.3 is 4.57 Å². The molecular weight excluding hydrogens is 216 g/mol. The number of rotatable bonds is 2. The Hall–Kier alpha value is -1.09. The summed E-state index contributed by atoms with van der Waals surface area (Å²) in [5.74, 6) is 0. The summed E-state index contributed by atoms with van der Waals surface area (Å²) in [5, 5.41) is 0. The van der Waals surface area contributed by atoms with Gasteiger partial charge in [-0.2, -0.15) is 0 Å². The van der Waals surface area contributed by atoms with E-state index in [9.17, 15) is 0 Å². The quantitative estimate of drug-likeness (QED) is 0.778. The van der Waals surface area contributed by atoms with Crippen molar-refractivity contribution in [2.24, 2.45) is 7.05 Å². The molecule has 84 valence electrons. The number of nitrogens with zero attached hydrogens (tertiary/aromatic N) is 2. The maximum absolute atomic E-state index is 4.17. The zero-order valence-electron chi connectivity index (χ0n) is 9.57. The summed E-state index contributed by atoms with van der Waals surface area (Å²) in [6.07, 6.45) is 10.2. The molecule has 2 aromatic heterocycles. The van der Waals surface area contributed by atoms with E-state index in [2.05, 4.69) is 22.7 Å². The van der Waals surface area contributed by atoms with Gasteiger partial charge >= 0.3 is 0 Å². The maximum Gasteiger partial charge on any atom is 0.0945 e. The molecule has 0 saturated carbocycles. The highest BCUT2D eigenvalue weighted by Crippen LogP contribution is 2.30. The van der Waals surface area contributed by atoms with E-state index in [1.807, 2.05) is 23.9 Å². The summed E-state index contributed by atoms with van der Waals surface area (Å²) < 4.78 is 2.11. The molecule has 0 atom stereocenters. The SMILES string of the molecule is Cn1cncc1Cc1cc2c(s1)CCCC2. The van der Waals surface area contributed by atoms with Crippen molar-refractivity contribution in [3.63, 3.8) is 0 Å². The molecule has 0 amide bonds. The van der Waals surface area contributed by atoms with Crippen LogP contribution in [-0.2, 0) is 26.3 Å². The van der Waals surface area contributed by atoms with Crippen molar-refractivity contribution in [3.05, 3.63) is 39.6 Å². The van der Waals surface area contributed by atoms with Crippen LogP contribution >= 0.6 is 11.3 Å². The number of thiophene rings is 1. The molecule has 0 spiro atoms. The lowest BCUT2D eigenvalue weighted by atomic mass is 9.99. The van der Waals surface area contributed by atoms with Gasteiger partial charge in [-0.15, -0.1) is 11.3 Å². The van der Waals surface area contributed by atoms with Gasteiger partial charge in [-0.1, -0.05) is 0 Å². The van der Waals surface area contributed by atoms with E-state index in [4.69, 9.17) is 0 Å². The minimum atomic E-state index is 1.04. The topological polar surface area (TPSA) is 17.8 Å². The van der Waals surface area contributed by atoms with Crippen LogP contribution in [0.5, 0.6) is 0 Å². The second-order valence-electron chi connectivity index (χ2n) is 4.54. The van der Waals surface area contributed by atoms with E-state index in [0.717, 1.165) is 6.42 Å². The number of aryl methyl sites for hydroxylation is 3. The molecule has 3 heteroatoms. The molecule has 1 aliphatic rings. The highest BCUT2D eigenvalue weighted by Gasteiger charge is 2.13. The summed E-state index contributed by atoms with van der Waals surface area (Å²) in [6, 6.07) is 2.41. The standard InChI is InChI=1S/C13H16N2S/c1-15-9-14-8-11(15)7-12-6-10-4-2-3-5-13(10)16-12/h6,8-9H,2-5,7H2,1H3. The summed E-state index contributed by atoms with van der Waals surface area (Å²) >= 11 is 2.00. The summed E-state index contributed by atoms with van der Waals surface area (Å²) in [6.45, 7) is 0. The number of aromatic nitrogens is 2. The average Bonchev–Trinajstić information content (AvgIpc) is 2.85. The first kappa shape index (κ1) is 10.1. The van der Waals surface area contributed by atoms with E-state index in [1.54, 1.807) is 10.4 Å². The van der Waals surface area contributed by atoms with Gasteiger partial charge in [0.15, 0.2) is 0 Å². The van der Waals surface area contributed by atoms with Crippen LogP contribution in [0.1, 0.15) is 33.9 Å². The lowest BCUT2D eigenvalue weighted by Crippen LogP contribution is -1.96. The van der Waals surface area contributed by atoms with Crippen LogP contribution in [0, 0.1) is 0 Å². The Labute approximate surface area is 100.0 Å². The molecule has 1 aliphatic carbocycles. The molecule has 2 aromatic rings. The Balaban J connectivity index is 1.85. The van der Waals surface area contributed by atoms with E-state index in [-0.39, 0.29) is 0 Å². The Morgan fingerprint density at radius 3 is 3.00 bits per heavy atom. The summed E-state index contributed by atoms with van der Waals surface area (Å²) in [4.78, 5) is 7.29. The van der Waals surface area contributed by atoms with Crippen molar-refractivity contribution < 1.29 is 0 Å². The summed E-state index contributed by atoms with van der Waals surface area (Å²) in [5.41, 5.74) is 2.91. The smallest absolute Gasteiger partial charge is 0.0945 e. The first-order valence-electron chi connectivity index (χ1n) is 5.88. The van der Waals surface area contributed by atoms with Crippen LogP contribution in [0.3, 0.4) is 0 Å². The Kier molecular flexibility index (Phi) is 2.56. The van der Waals surface area contributed by atoms with Crippen LogP contribution in [0.2, 0.25) is 0 Å². The molecule has 0 bridgehead atoms. The second-order valence-corrected chi connectivity index (χ2v) is 5.76. The van der Waals surface area contributed by atoms with Gasteiger partial charge in [-0.3, -0.25) is 0 Å². The minimum Gasteiger partial charge on any atom is -0.337 e. The zero-order chi connectivity index (χ0) is 11.0. The minimum absolute atomic E-state index is 1.04. The molecular formula is C13H16N2S. The first-order valence-corrected chi connectivity index (χ1v) is 6.70. The zero-order valence-corrected chi connectivity index (χ0v) is 10.4. The average molecular weight is 232 g/mol. The Morgan fingerprint density at radius 2 is 2.25 bits per heavy atom. The van der Waals surface area contributed by atoms with E-state index in [0.29, 0.717) is 0 Å². The van der Waals surface area contributed by atoms with Crippen molar-refractivity contribution in [2.75, 3.05) is 0 Å². The van der Waals surface area contributed by atoms with Crippen molar-refractivity contribution in [2.45, 2.75) is 32.1 Å². The number of hydrogen-bond donors (Lipinski definition) is 0. The molecule has 0 N–H and O–H groups in total. The fourth-order valence-electron chi connectivity index (χ4n) is 2.37. The molecule has 0 aromatic carbocycles. The fourth-order valence-corrected chi connectivity index (χ4v) is 3.65. The predicted molar refractivity (Wildman–Crippen MR) is 67.0 cm³/mol. The maximum atomic E-state index is 4.17. The van der Waals surface area contributed by atoms with Crippen molar-refractivity contribution >= 4 is 11.3 Å². The van der Waals surface area contributed by atoms with Gasteiger partial charge in [-0.25, -0.2) is 4.98 Å². The summed E-state index contributed by atoms with van der Waals surface area (Å²) in [7, 11) is 2.07. The van der Waals surface area contributed by atoms with E-state index < -0.39 is 0 Å². The number of imidazole rings is 1. The molecule has 0 aliphatic heterocycles. The van der Waals surface area contributed by atoms with Gasteiger partial charge in [0.1, 0.15) is 0 Å². The van der Waals surface area contributed by atoms with Crippen molar-refractivity contribution in [1.29, 1.82) is 0 Å². The normalized spacial score (nSPS) is 15.1. The number of hydrogen-bond acceptors (Lipinski definition) is 2. The Morgan fingerprint density at radius 1 is 1.38 bits per heavy atom. The van der Waals surface area contributed by atoms with Gasteiger partial charge in [0.25, 0.3) is 0 Å². The van der Waals surface area contributed by atoms with Gasteiger partial charge in [0.2, 0.25) is 0 Å². The van der Waals surface area contributed by atoms with Crippen LogP contribution < -0.4 is 0 Å². The lowest BCUT2D eigenvalue weighted by Gasteiger charge is -2.08. The Bertz CT molecular complexity index is 472. The third-order valence-electron chi connectivity index (χ3n) is 3.32. The molecule has 16 heavy (non-hydrogen) atoms. The van der Waals surface area contributed by atoms with E-state index in [1.165, 1.54) is 36.3 Å². The molecule has 0 unspecified atom stereocenters. The predicted octanol–water partition coefficient (Wildman–Crippen LogP) is 2.95. The number of fused-ring (bicyclic) bond motifs is 1. The molecule has 0 radical (unpaired) electrons. The molecule has 0 fully saturated rings. The molecule has 0 saturated heterocycles. The van der Waals surface area contributed by atoms with Gasteiger partial charge in [-0.05, 0) is 37.3 Å². The molecule has 2 nitrogen and oxygen atoms in total. The highest BCUT2D eigenvalue weighted by atomic mass is 32.1. The monoisotopic (exact) mass is 232 g/mol. The second kappa shape index (κ2) is 4.06. The van der Waals surface area contributed by atoms with Crippen molar-refractivity contribution in [1.82, 2.24) is 9.55 Å². The lowest BCUT2D eigenvalue weighted by molar-refractivity contribution is 0.697. The third-order valence-corrected chi connectivity index (χ3v) is 4.56. The van der Waals surface area contributed by atoms with E-state index >= 15 is 0 Å². The highest BCUT2D eigenvalue weighted by molar-refractivity contribution is 7.12. The first-order chi connectivity index (χ1) is 7.83. The van der Waals surface area contributed by atoms with Gasteiger partial charge in [0, 0.05) is 35.1 Å². The fraction of sp³-hybridized carbons (Fsp3) is 0.462. The largest absolute Gasteiger partial charge is 0.337 e. The van der Waals surface area contributed by atoms with Crippen LogP contribution in [0.25, 0.3) is 0 Å². The molecule has 2 heterocycles. The van der Waals surface area contributed by atoms with Crippen LogP contribution in [-0.4, -0.2) is 9.55 Å². The van der Waals surface area contributed by atoms with Crippen LogP contribution in [0.4, 0.5) is 0 Å². The van der Waals surface area contributed by atoms with Crippen LogP contribution in [0.15, 0.2) is 18.6 Å². The molecule has 3 rings (SSSR count). The van der Waals surface area contributed by atoms with Gasteiger partial charge in [0.05, 0.1) is 6.33 Å². The van der Waals surface area contributed by atoms with Crippen molar-refractivity contribution in [3.8, 4) is 0 Å². The third kappa shape index (κ3) is 1.80.